The molecule has 0 fully saturated rings. The van der Waals surface area contributed by atoms with Crippen LogP contribution in [0.4, 0.5) is 0 Å². The highest BCUT2D eigenvalue weighted by atomic mass is 16.4. The molecule has 1 heterocycles. The van der Waals surface area contributed by atoms with E-state index < -0.39 is 5.97 Å². The highest BCUT2D eigenvalue weighted by Crippen LogP contribution is 1.92. The van der Waals surface area contributed by atoms with Gasteiger partial charge < -0.3 is 10.4 Å². The van der Waals surface area contributed by atoms with Crippen molar-refractivity contribution in [2.45, 2.75) is 19.9 Å². The molecule has 1 aromatic rings. The Balaban J connectivity index is 2.56. The van der Waals surface area contributed by atoms with Crippen LogP contribution >= 0.6 is 0 Å². The molecule has 0 aliphatic rings. The standard InChI is InChI=1S/C11H13N3O4/c1-8(15)6-12-11(18)9-2-4-14(13-7-9)5-3-10(16)17/h2,4,7H,3,5-6H2,1H3,(H-,12,16,17,18)/p+1. The topological polar surface area (TPSA) is 100 Å². The van der Waals surface area contributed by atoms with Crippen molar-refractivity contribution in [1.29, 1.82) is 0 Å². The number of aryl methyl sites for hydroxylation is 1. The molecule has 7 heteroatoms. The van der Waals surface area contributed by atoms with Gasteiger partial charge in [0, 0.05) is 6.07 Å². The van der Waals surface area contributed by atoms with Gasteiger partial charge in [0.15, 0.2) is 12.7 Å². The van der Waals surface area contributed by atoms with E-state index in [0.717, 1.165) is 0 Å². The predicted octanol–water partition coefficient (Wildman–Crippen LogP) is -0.837. The molecule has 0 aliphatic heterocycles. The second-order valence-corrected chi connectivity index (χ2v) is 3.71. The first-order valence-corrected chi connectivity index (χ1v) is 5.34. The van der Waals surface area contributed by atoms with E-state index in [0.29, 0.717) is 5.56 Å². The van der Waals surface area contributed by atoms with Crippen LogP contribution in [0.5, 0.6) is 0 Å². The van der Waals surface area contributed by atoms with Gasteiger partial charge in [-0.2, -0.15) is 0 Å². The summed E-state index contributed by atoms with van der Waals surface area (Å²) < 4.78 is 1.43. The lowest BCUT2D eigenvalue weighted by Gasteiger charge is -2.00. The number of rotatable bonds is 6. The van der Waals surface area contributed by atoms with Gasteiger partial charge in [0.25, 0.3) is 5.91 Å². The maximum Gasteiger partial charge on any atom is 0.309 e. The molecule has 7 nitrogen and oxygen atoms in total. The summed E-state index contributed by atoms with van der Waals surface area (Å²) in [6.45, 7) is 1.60. The van der Waals surface area contributed by atoms with E-state index in [4.69, 9.17) is 5.11 Å². The summed E-state index contributed by atoms with van der Waals surface area (Å²) in [4.78, 5) is 32.6. The number of carbonyl (C=O) groups excluding carboxylic acids is 2. The van der Waals surface area contributed by atoms with Crippen molar-refractivity contribution in [2.75, 3.05) is 6.54 Å². The minimum absolute atomic E-state index is 0.0211. The van der Waals surface area contributed by atoms with Crippen molar-refractivity contribution in [3.8, 4) is 0 Å². The van der Waals surface area contributed by atoms with Gasteiger partial charge in [0.2, 0.25) is 0 Å². The maximum absolute atomic E-state index is 11.5. The zero-order valence-electron chi connectivity index (χ0n) is 9.92. The Kier molecular flexibility index (Phi) is 4.91. The first-order chi connectivity index (χ1) is 8.49. The number of amides is 1. The van der Waals surface area contributed by atoms with E-state index in [1.54, 1.807) is 0 Å². The Morgan fingerprint density at radius 2 is 2.17 bits per heavy atom. The summed E-state index contributed by atoms with van der Waals surface area (Å²) in [5.74, 6) is -1.43. The Morgan fingerprint density at radius 3 is 2.67 bits per heavy atom. The molecule has 2 N–H and O–H groups in total. The van der Waals surface area contributed by atoms with Gasteiger partial charge in [0.1, 0.15) is 18.4 Å². The number of carboxylic acids is 1. The van der Waals surface area contributed by atoms with Crippen LogP contribution in [0, 0.1) is 0 Å². The lowest BCUT2D eigenvalue weighted by Crippen LogP contribution is -2.39. The van der Waals surface area contributed by atoms with Crippen molar-refractivity contribution in [3.63, 3.8) is 0 Å². The second kappa shape index (κ2) is 6.43. The van der Waals surface area contributed by atoms with Crippen molar-refractivity contribution in [3.05, 3.63) is 24.0 Å². The first-order valence-electron chi connectivity index (χ1n) is 5.34. The number of nitrogens with one attached hydrogen (secondary N) is 1. The zero-order chi connectivity index (χ0) is 13.5. The minimum Gasteiger partial charge on any atom is -0.481 e. The van der Waals surface area contributed by atoms with Gasteiger partial charge in [-0.1, -0.05) is 4.68 Å². The van der Waals surface area contributed by atoms with Crippen molar-refractivity contribution in [1.82, 2.24) is 10.4 Å². The maximum atomic E-state index is 11.5. The number of carbonyl (C=O) groups is 3. The normalized spacial score (nSPS) is 9.83. The number of ketones is 1. The summed E-state index contributed by atoms with van der Waals surface area (Å²) in [6, 6.07) is 1.52. The summed E-state index contributed by atoms with van der Waals surface area (Å²) in [7, 11) is 0. The molecule has 0 aliphatic carbocycles. The van der Waals surface area contributed by atoms with Crippen molar-refractivity contribution >= 4 is 17.7 Å². The number of nitrogens with zero attached hydrogens (tertiary/aromatic N) is 2. The van der Waals surface area contributed by atoms with Gasteiger partial charge >= 0.3 is 5.97 Å². The monoisotopic (exact) mass is 252 g/mol. The molecule has 0 unspecified atom stereocenters. The fraction of sp³-hybridized carbons (Fsp3) is 0.364. The molecule has 0 spiro atoms. The van der Waals surface area contributed by atoms with Crippen LogP contribution in [0.2, 0.25) is 0 Å². The van der Waals surface area contributed by atoms with Gasteiger partial charge in [-0.25, -0.2) is 0 Å². The van der Waals surface area contributed by atoms with Crippen LogP contribution in [0.15, 0.2) is 18.5 Å². The predicted molar refractivity (Wildman–Crippen MR) is 59.7 cm³/mol. The first kappa shape index (κ1) is 13.8. The van der Waals surface area contributed by atoms with E-state index in [9.17, 15) is 14.4 Å². The third-order valence-electron chi connectivity index (χ3n) is 2.09. The summed E-state index contributed by atoms with van der Waals surface area (Å²) in [6.07, 6.45) is 2.82. The third-order valence-corrected chi connectivity index (χ3v) is 2.09. The van der Waals surface area contributed by atoms with E-state index in [1.165, 1.54) is 30.1 Å². The Bertz CT molecular complexity index is 456. The Hall–Kier alpha value is -2.31. The number of Topliss-reactive ketones (excluding diaryl/α,β-unsaturated/α-hetero) is 1. The fourth-order valence-electron chi connectivity index (χ4n) is 1.17. The van der Waals surface area contributed by atoms with Gasteiger partial charge in [-0.15, -0.1) is 0 Å². The number of carboxylic acid groups (broad SMARTS) is 1. The number of aromatic nitrogens is 2. The van der Waals surface area contributed by atoms with Gasteiger partial charge in [-0.05, 0) is 12.0 Å². The summed E-state index contributed by atoms with van der Waals surface area (Å²) in [5.41, 5.74) is 0.322. The Labute approximate surface area is 103 Å². The lowest BCUT2D eigenvalue weighted by molar-refractivity contribution is -0.753. The van der Waals surface area contributed by atoms with Crippen molar-refractivity contribution in [2.24, 2.45) is 0 Å². The average Bonchev–Trinajstić information content (AvgIpc) is 2.34. The molecule has 0 saturated heterocycles. The molecule has 0 saturated carbocycles. The third kappa shape index (κ3) is 4.69. The molecular formula is C11H14N3O4+. The highest BCUT2D eigenvalue weighted by Gasteiger charge is 2.11. The zero-order valence-corrected chi connectivity index (χ0v) is 9.92. The van der Waals surface area contributed by atoms with Crippen LogP contribution in [0.3, 0.4) is 0 Å². The fourth-order valence-corrected chi connectivity index (χ4v) is 1.17. The molecule has 1 aromatic heterocycles. The smallest absolute Gasteiger partial charge is 0.309 e. The molecule has 1 rings (SSSR count). The molecular weight excluding hydrogens is 238 g/mol. The second-order valence-electron chi connectivity index (χ2n) is 3.71. The van der Waals surface area contributed by atoms with Crippen LogP contribution < -0.4 is 10.00 Å². The summed E-state index contributed by atoms with van der Waals surface area (Å²) >= 11 is 0. The van der Waals surface area contributed by atoms with Gasteiger partial charge in [0.05, 0.1) is 12.1 Å². The van der Waals surface area contributed by atoms with E-state index in [2.05, 4.69) is 10.4 Å². The lowest BCUT2D eigenvalue weighted by atomic mass is 10.3. The van der Waals surface area contributed by atoms with Gasteiger partial charge in [-0.3, -0.25) is 14.4 Å². The highest BCUT2D eigenvalue weighted by molar-refractivity contribution is 5.95. The quantitative estimate of drug-likeness (QED) is 0.643. The Morgan fingerprint density at radius 1 is 1.44 bits per heavy atom. The van der Waals surface area contributed by atoms with E-state index >= 15 is 0 Å². The van der Waals surface area contributed by atoms with Crippen molar-refractivity contribution < 1.29 is 24.2 Å². The van der Waals surface area contributed by atoms with Crippen LogP contribution in [0.25, 0.3) is 0 Å². The molecule has 18 heavy (non-hydrogen) atoms. The molecule has 0 atom stereocenters. The van der Waals surface area contributed by atoms with Crippen LogP contribution in [-0.2, 0) is 16.1 Å². The van der Waals surface area contributed by atoms with E-state index in [1.807, 2.05) is 0 Å². The van der Waals surface area contributed by atoms with E-state index in [-0.39, 0.29) is 31.2 Å². The SMILES string of the molecule is CC(=O)CNC(=O)c1cc[n+](CCC(=O)O)nc1. The number of hydrogen-bond donors (Lipinski definition) is 2. The van der Waals surface area contributed by atoms with Crippen LogP contribution in [0.1, 0.15) is 23.7 Å². The summed E-state index contributed by atoms with van der Waals surface area (Å²) in [5, 5.41) is 14.8. The molecule has 1 amide bonds. The number of hydrogen-bond acceptors (Lipinski definition) is 4. The van der Waals surface area contributed by atoms with Crippen LogP contribution in [-0.4, -0.2) is 34.4 Å². The molecule has 0 aromatic carbocycles. The minimum atomic E-state index is -0.910. The molecule has 96 valence electrons. The molecule has 0 bridgehead atoms. The molecule has 0 radical (unpaired) electrons. The largest absolute Gasteiger partial charge is 0.481 e. The number of aliphatic carboxylic acids is 1. The average molecular weight is 252 g/mol.